The van der Waals surface area contributed by atoms with Crippen molar-refractivity contribution in [3.8, 4) is 34.1 Å². The van der Waals surface area contributed by atoms with Gasteiger partial charge in [-0.2, -0.15) is 26.3 Å². The van der Waals surface area contributed by atoms with Crippen LogP contribution in [0.1, 0.15) is 35.3 Å². The molecule has 5 rings (SSSR count). The Balaban J connectivity index is 1.58. The molecule has 2 aromatic carbocycles. The third-order valence-electron chi connectivity index (χ3n) is 6.48. The molecule has 2 aliphatic rings. The number of aryl methyl sites for hydroxylation is 1. The smallest absolute Gasteiger partial charge is 0.416 e. The summed E-state index contributed by atoms with van der Waals surface area (Å²) in [5.41, 5.74) is -0.0180. The van der Waals surface area contributed by atoms with Crippen molar-refractivity contribution >= 4 is 11.6 Å². The van der Waals surface area contributed by atoms with E-state index in [-0.39, 0.29) is 22.5 Å². The topological polar surface area (TPSA) is 57.8 Å². The van der Waals surface area contributed by atoms with E-state index in [1.807, 2.05) is 13.1 Å². The first-order valence-electron chi connectivity index (χ1n) is 11.8. The van der Waals surface area contributed by atoms with Gasteiger partial charge in [-0.3, -0.25) is 0 Å². The van der Waals surface area contributed by atoms with Crippen LogP contribution in [0, 0.1) is 6.92 Å². The average molecular weight is 580 g/mol. The lowest BCUT2D eigenvalue weighted by molar-refractivity contribution is -0.143. The van der Waals surface area contributed by atoms with Gasteiger partial charge in [-0.15, -0.1) is 10.2 Å². The number of fused-ring (bicyclic) bond motifs is 1. The second-order valence-electron chi connectivity index (χ2n) is 9.18. The molecular formula is C27H20ClF6N5O. The Hall–Kier alpha value is -4.06. The van der Waals surface area contributed by atoms with Gasteiger partial charge in [0.05, 0.1) is 47.0 Å². The SMILES string of the molecule is COc1cc(-c2nnc3n([C@@H](C)c4cc(C(F)(F)F)cc(C(F)(F)F)c4)cc(Cl)cc2-3)ccc1-n1cnc(C)c1. The molecule has 208 valence electrons. The van der Waals surface area contributed by atoms with E-state index in [1.54, 1.807) is 35.2 Å². The first kappa shape index (κ1) is 27.5. The maximum Gasteiger partial charge on any atom is 0.416 e. The Morgan fingerprint density at radius 3 is 2.15 bits per heavy atom. The van der Waals surface area contributed by atoms with Crippen LogP contribution < -0.4 is 4.74 Å². The molecule has 0 radical (unpaired) electrons. The fraction of sp³-hybridized carbons (Fsp3) is 0.222. The zero-order chi connectivity index (χ0) is 29.0. The molecule has 13 heteroatoms. The molecule has 40 heavy (non-hydrogen) atoms. The van der Waals surface area contributed by atoms with E-state index >= 15 is 0 Å². The van der Waals surface area contributed by atoms with Crippen LogP contribution in [0.3, 0.4) is 0 Å². The Bertz CT molecular complexity index is 1640. The summed E-state index contributed by atoms with van der Waals surface area (Å²) in [6, 6.07) is 7.39. The number of hydrogen-bond donors (Lipinski definition) is 0. The van der Waals surface area contributed by atoms with Crippen LogP contribution in [-0.2, 0) is 12.4 Å². The second kappa shape index (κ2) is 9.84. The highest BCUT2D eigenvalue weighted by molar-refractivity contribution is 6.30. The molecule has 0 fully saturated rings. The number of halogens is 7. The first-order chi connectivity index (χ1) is 18.8. The van der Waals surface area contributed by atoms with Crippen molar-refractivity contribution in [1.82, 2.24) is 24.3 Å². The van der Waals surface area contributed by atoms with Gasteiger partial charge >= 0.3 is 12.4 Å². The molecule has 2 aliphatic heterocycles. The summed E-state index contributed by atoms with van der Waals surface area (Å²) in [6.07, 6.45) is -5.08. The highest BCUT2D eigenvalue weighted by atomic mass is 35.5. The van der Waals surface area contributed by atoms with E-state index in [0.29, 0.717) is 34.7 Å². The van der Waals surface area contributed by atoms with Crippen LogP contribution in [0.15, 0.2) is 61.2 Å². The van der Waals surface area contributed by atoms with Crippen LogP contribution in [0.2, 0.25) is 5.02 Å². The molecule has 0 bridgehead atoms. The molecule has 3 aromatic rings. The Labute approximate surface area is 229 Å². The van der Waals surface area contributed by atoms with Gasteiger partial charge < -0.3 is 13.9 Å². The molecule has 0 amide bonds. The molecule has 0 spiro atoms. The highest BCUT2D eigenvalue weighted by Gasteiger charge is 2.37. The molecule has 1 atom stereocenters. The summed E-state index contributed by atoms with van der Waals surface area (Å²) in [5, 5.41) is 8.68. The normalized spacial score (nSPS) is 13.2. The maximum atomic E-state index is 13.5. The Kier molecular flexibility index (Phi) is 6.77. The van der Waals surface area contributed by atoms with E-state index in [0.717, 1.165) is 11.4 Å². The number of ether oxygens (including phenoxy) is 1. The van der Waals surface area contributed by atoms with Crippen LogP contribution >= 0.6 is 11.6 Å². The predicted octanol–water partition coefficient (Wildman–Crippen LogP) is 7.85. The number of alkyl halides is 6. The third-order valence-corrected chi connectivity index (χ3v) is 6.69. The quantitative estimate of drug-likeness (QED) is 0.199. The van der Waals surface area contributed by atoms with Gasteiger partial charge in [-0.1, -0.05) is 17.7 Å². The van der Waals surface area contributed by atoms with Crippen molar-refractivity contribution in [3.63, 3.8) is 0 Å². The number of benzene rings is 2. The van der Waals surface area contributed by atoms with E-state index in [2.05, 4.69) is 15.2 Å². The molecule has 0 N–H and O–H groups in total. The summed E-state index contributed by atoms with van der Waals surface area (Å²) in [5.74, 6) is 0.740. The van der Waals surface area contributed by atoms with Gasteiger partial charge in [-0.25, -0.2) is 4.98 Å². The number of imidazole rings is 1. The van der Waals surface area contributed by atoms with Crippen LogP contribution in [0.4, 0.5) is 26.3 Å². The average Bonchev–Trinajstić information content (AvgIpc) is 3.52. The van der Waals surface area contributed by atoms with Crippen molar-refractivity contribution in [2.24, 2.45) is 0 Å². The third kappa shape index (κ3) is 5.10. The fourth-order valence-corrected chi connectivity index (χ4v) is 4.70. The first-order valence-corrected chi connectivity index (χ1v) is 12.2. The molecule has 0 aliphatic carbocycles. The lowest BCUT2D eigenvalue weighted by atomic mass is 9.99. The second-order valence-corrected chi connectivity index (χ2v) is 9.61. The lowest BCUT2D eigenvalue weighted by Crippen LogP contribution is -2.16. The zero-order valence-electron chi connectivity index (χ0n) is 21.1. The van der Waals surface area contributed by atoms with Gasteiger partial charge in [0.15, 0.2) is 5.82 Å². The van der Waals surface area contributed by atoms with Crippen molar-refractivity contribution in [2.75, 3.05) is 7.11 Å². The van der Waals surface area contributed by atoms with Crippen molar-refractivity contribution < 1.29 is 31.1 Å². The fourth-order valence-electron chi connectivity index (χ4n) is 4.48. The summed E-state index contributed by atoms with van der Waals surface area (Å²) in [7, 11) is 1.51. The van der Waals surface area contributed by atoms with Gasteiger partial charge in [0.2, 0.25) is 0 Å². The Morgan fingerprint density at radius 2 is 1.57 bits per heavy atom. The van der Waals surface area contributed by atoms with Gasteiger partial charge in [0.1, 0.15) is 11.4 Å². The highest BCUT2D eigenvalue weighted by Crippen LogP contribution is 2.41. The zero-order valence-corrected chi connectivity index (χ0v) is 21.9. The summed E-state index contributed by atoms with van der Waals surface area (Å²) >= 11 is 6.37. The van der Waals surface area contributed by atoms with Crippen LogP contribution in [0.25, 0.3) is 28.3 Å². The van der Waals surface area contributed by atoms with Crippen molar-refractivity contribution in [3.05, 3.63) is 88.6 Å². The summed E-state index contributed by atoms with van der Waals surface area (Å²) < 4.78 is 89.6. The minimum atomic E-state index is -4.97. The molecule has 6 nitrogen and oxygen atoms in total. The lowest BCUT2D eigenvalue weighted by Gasteiger charge is -2.22. The van der Waals surface area contributed by atoms with Gasteiger partial charge in [0, 0.05) is 23.5 Å². The van der Waals surface area contributed by atoms with E-state index in [1.165, 1.54) is 24.8 Å². The molecule has 0 unspecified atom stereocenters. The monoisotopic (exact) mass is 579 g/mol. The molecule has 0 saturated carbocycles. The van der Waals surface area contributed by atoms with Crippen molar-refractivity contribution in [1.29, 1.82) is 0 Å². The van der Waals surface area contributed by atoms with E-state index in [9.17, 15) is 26.3 Å². The standard InChI is InChI=1S/C27H20ClF6N5O/c1-14-11-38(13-35-14)22-5-4-16(8-23(22)40-3)24-21-10-20(28)12-39(25(21)37-36-24)15(2)17-6-18(26(29,30)31)9-19(7-17)27(32,33)34/h4-13,15H,1-3H3/t15-/m0/s1. The van der Waals surface area contributed by atoms with Crippen LogP contribution in [0.5, 0.6) is 5.75 Å². The van der Waals surface area contributed by atoms with Crippen molar-refractivity contribution in [2.45, 2.75) is 32.2 Å². The molecule has 1 aromatic heterocycles. The number of nitrogens with zero attached hydrogens (tertiary/aromatic N) is 5. The number of aromatic nitrogens is 5. The van der Waals surface area contributed by atoms with Gasteiger partial charge in [-0.05, 0) is 55.8 Å². The molecule has 3 heterocycles. The summed E-state index contributed by atoms with van der Waals surface area (Å²) in [6.45, 7) is 3.32. The van der Waals surface area contributed by atoms with Gasteiger partial charge in [0.25, 0.3) is 0 Å². The minimum absolute atomic E-state index is 0.0943. The number of pyridine rings is 1. The molecule has 0 saturated heterocycles. The number of rotatable bonds is 5. The number of hydrogen-bond acceptors (Lipinski definition) is 4. The molecular weight excluding hydrogens is 560 g/mol. The number of methoxy groups -OCH3 is 1. The minimum Gasteiger partial charge on any atom is -0.495 e. The van der Waals surface area contributed by atoms with E-state index < -0.39 is 29.5 Å². The largest absolute Gasteiger partial charge is 0.495 e. The summed E-state index contributed by atoms with van der Waals surface area (Å²) in [4.78, 5) is 4.22. The maximum absolute atomic E-state index is 13.5. The Morgan fingerprint density at radius 1 is 0.900 bits per heavy atom. The predicted molar refractivity (Wildman–Crippen MR) is 136 cm³/mol. The van der Waals surface area contributed by atoms with E-state index in [4.69, 9.17) is 16.3 Å². The van der Waals surface area contributed by atoms with Crippen LogP contribution in [-0.4, -0.2) is 31.4 Å².